The minimum Gasteiger partial charge on any atom is -0.508 e. The van der Waals surface area contributed by atoms with E-state index in [4.69, 9.17) is 16.1 Å². The molecule has 1 aliphatic carbocycles. The van der Waals surface area contributed by atoms with E-state index in [1.54, 1.807) is 6.92 Å². The first kappa shape index (κ1) is 31.3. The van der Waals surface area contributed by atoms with Crippen LogP contribution in [0.2, 0.25) is 0 Å². The van der Waals surface area contributed by atoms with Crippen LogP contribution in [0.25, 0.3) is 32.9 Å². The first-order chi connectivity index (χ1) is 22.5. The first-order valence-corrected chi connectivity index (χ1v) is 15.7. The van der Waals surface area contributed by atoms with Crippen molar-refractivity contribution in [2.45, 2.75) is 50.9 Å². The number of aromatic nitrogens is 3. The molecule has 0 amide bonds. The Morgan fingerprint density at radius 2 is 1.89 bits per heavy atom. The van der Waals surface area contributed by atoms with E-state index < -0.39 is 29.8 Å². The van der Waals surface area contributed by atoms with Gasteiger partial charge in [0.25, 0.3) is 0 Å². The van der Waals surface area contributed by atoms with Crippen molar-refractivity contribution in [2.75, 3.05) is 44.2 Å². The third-order valence-electron chi connectivity index (χ3n) is 9.48. The zero-order valence-electron chi connectivity index (χ0n) is 25.7. The third kappa shape index (κ3) is 6.12. The molecule has 2 saturated heterocycles. The average Bonchev–Trinajstić information content (AvgIpc) is 3.72. The van der Waals surface area contributed by atoms with Crippen LogP contribution in [0.4, 0.5) is 27.8 Å². The number of nitrogens with zero attached hydrogens (tertiary/aromatic N) is 5. The maximum Gasteiger partial charge on any atom is 0.401 e. The molecule has 2 aliphatic heterocycles. The molecule has 2 aromatic heterocycles. The summed E-state index contributed by atoms with van der Waals surface area (Å²) in [6.45, 7) is 2.43. The smallest absolute Gasteiger partial charge is 0.401 e. The zero-order valence-corrected chi connectivity index (χ0v) is 25.7. The Morgan fingerprint density at radius 3 is 2.55 bits per heavy atom. The molecule has 4 aromatic rings. The highest BCUT2D eigenvalue weighted by atomic mass is 19.4. The predicted octanol–water partition coefficient (Wildman–Crippen LogP) is 5.79. The van der Waals surface area contributed by atoms with Gasteiger partial charge in [0.15, 0.2) is 5.82 Å². The third-order valence-corrected chi connectivity index (χ3v) is 9.48. The number of benzene rings is 2. The van der Waals surface area contributed by atoms with Crippen LogP contribution in [-0.4, -0.2) is 82.5 Å². The Hall–Kier alpha value is -4.28. The number of hydrogen-bond acceptors (Lipinski definition) is 8. The Balaban J connectivity index is 1.31. The van der Waals surface area contributed by atoms with Crippen LogP contribution in [0, 0.1) is 29.4 Å². The summed E-state index contributed by atoms with van der Waals surface area (Å²) in [6, 6.07) is 5.69. The van der Waals surface area contributed by atoms with Crippen molar-refractivity contribution in [3.8, 4) is 35.4 Å². The number of phenols is 1. The van der Waals surface area contributed by atoms with E-state index in [0.29, 0.717) is 42.5 Å². The highest BCUT2D eigenvalue weighted by Crippen LogP contribution is 2.47. The molecule has 2 N–H and O–H groups in total. The number of fused-ring (bicyclic) bond motifs is 4. The van der Waals surface area contributed by atoms with Crippen molar-refractivity contribution in [1.82, 2.24) is 25.2 Å². The van der Waals surface area contributed by atoms with Crippen molar-refractivity contribution in [3.63, 3.8) is 0 Å². The number of piperazine rings is 1. The fraction of sp³-hybridized carbons (Fsp3) is 0.441. The van der Waals surface area contributed by atoms with Crippen molar-refractivity contribution in [3.05, 3.63) is 47.7 Å². The second kappa shape index (κ2) is 11.8. The fourth-order valence-electron chi connectivity index (χ4n) is 6.99. The van der Waals surface area contributed by atoms with E-state index in [0.717, 1.165) is 12.8 Å². The molecule has 47 heavy (non-hydrogen) atoms. The molecule has 7 rings (SSSR count). The van der Waals surface area contributed by atoms with Crippen LogP contribution in [-0.2, 0) is 0 Å². The molecule has 246 valence electrons. The van der Waals surface area contributed by atoms with E-state index in [9.17, 15) is 22.7 Å². The van der Waals surface area contributed by atoms with Crippen molar-refractivity contribution >= 4 is 27.5 Å². The normalized spacial score (nSPS) is 20.3. The van der Waals surface area contributed by atoms with Gasteiger partial charge >= 0.3 is 12.2 Å². The molecule has 3 aliphatic rings. The first-order valence-electron chi connectivity index (χ1n) is 15.7. The van der Waals surface area contributed by atoms with E-state index in [2.05, 4.69) is 26.1 Å². The number of halogens is 5. The van der Waals surface area contributed by atoms with Crippen molar-refractivity contribution < 1.29 is 31.8 Å². The van der Waals surface area contributed by atoms with Gasteiger partial charge in [-0.2, -0.15) is 23.1 Å². The van der Waals surface area contributed by atoms with Gasteiger partial charge in [0.05, 0.1) is 24.1 Å². The molecule has 8 nitrogen and oxygen atoms in total. The number of alkyl halides is 3. The van der Waals surface area contributed by atoms with E-state index in [1.165, 1.54) is 35.4 Å². The van der Waals surface area contributed by atoms with E-state index in [1.807, 2.05) is 0 Å². The van der Waals surface area contributed by atoms with Gasteiger partial charge in [-0.05, 0) is 55.8 Å². The molecular weight excluding hydrogens is 619 g/mol. The van der Waals surface area contributed by atoms with Gasteiger partial charge in [-0.3, -0.25) is 9.88 Å². The highest BCUT2D eigenvalue weighted by molar-refractivity contribution is 6.03. The highest BCUT2D eigenvalue weighted by Gasteiger charge is 2.46. The Kier molecular flexibility index (Phi) is 7.83. The second-order valence-corrected chi connectivity index (χ2v) is 12.9. The molecule has 4 heterocycles. The van der Waals surface area contributed by atoms with E-state index in [-0.39, 0.29) is 71.3 Å². The largest absolute Gasteiger partial charge is 0.508 e. The summed E-state index contributed by atoms with van der Waals surface area (Å²) in [4.78, 5) is 17.0. The van der Waals surface area contributed by atoms with E-state index >= 15 is 4.39 Å². The summed E-state index contributed by atoms with van der Waals surface area (Å²) in [6.07, 6.45) is 6.16. The number of terminal acetylenes is 1. The Labute approximate surface area is 268 Å². The number of anilines is 1. The lowest BCUT2D eigenvalue weighted by molar-refractivity contribution is -0.147. The number of ether oxygens (including phenoxy) is 1. The fourth-order valence-corrected chi connectivity index (χ4v) is 6.99. The van der Waals surface area contributed by atoms with Gasteiger partial charge in [-0.25, -0.2) is 8.78 Å². The van der Waals surface area contributed by atoms with Crippen LogP contribution in [0.1, 0.15) is 38.2 Å². The summed E-state index contributed by atoms with van der Waals surface area (Å²) < 4.78 is 77.0. The van der Waals surface area contributed by atoms with Crippen molar-refractivity contribution in [1.29, 1.82) is 0 Å². The van der Waals surface area contributed by atoms with Crippen LogP contribution < -0.4 is 15.0 Å². The quantitative estimate of drug-likeness (QED) is 0.174. The van der Waals surface area contributed by atoms with Gasteiger partial charge in [0.2, 0.25) is 0 Å². The van der Waals surface area contributed by atoms with Crippen LogP contribution in [0.15, 0.2) is 30.5 Å². The monoisotopic (exact) mass is 652 g/mol. The van der Waals surface area contributed by atoms with Gasteiger partial charge in [-0.1, -0.05) is 18.9 Å². The minimum absolute atomic E-state index is 0.0701. The summed E-state index contributed by atoms with van der Waals surface area (Å²) in [7, 11) is 0. The summed E-state index contributed by atoms with van der Waals surface area (Å²) >= 11 is 0. The number of phenolic OH excluding ortho intramolecular Hbond substituents is 1. The molecule has 2 aromatic carbocycles. The SMILES string of the molecule is C#Cc1c(F)ccc2cc(O)cc(-c3ncc4c(N5C[C@H]6CC[C@@H](C5)N6)nc(OCC5(CN(CC)CC(F)(F)F)CC5)nc4c3F)c12. The average molecular weight is 653 g/mol. The van der Waals surface area contributed by atoms with Gasteiger partial charge < -0.3 is 20.1 Å². The number of nitrogens with one attached hydrogen (secondary N) is 1. The van der Waals surface area contributed by atoms with Crippen molar-refractivity contribution in [2.24, 2.45) is 5.41 Å². The molecule has 0 spiro atoms. The number of hydrogen-bond donors (Lipinski definition) is 2. The topological polar surface area (TPSA) is 86.6 Å². The summed E-state index contributed by atoms with van der Waals surface area (Å²) in [5.74, 6) is 1.08. The Bertz CT molecular complexity index is 1900. The van der Waals surface area contributed by atoms with Crippen LogP contribution in [0.3, 0.4) is 0 Å². The summed E-state index contributed by atoms with van der Waals surface area (Å²) in [5, 5.41) is 15.0. The minimum atomic E-state index is -4.32. The number of pyridine rings is 1. The number of aromatic hydroxyl groups is 1. The summed E-state index contributed by atoms with van der Waals surface area (Å²) in [5.41, 5.74) is -0.778. The molecule has 3 fully saturated rings. The molecule has 0 radical (unpaired) electrons. The molecular formula is C34H33F5N6O2. The zero-order chi connectivity index (χ0) is 33.1. The standard InChI is InChI=1S/C34H33F5N6O2/c1-3-23-26(35)8-5-19-11-22(46)12-24(27(19)23)29-28(36)30-25(13-40-29)31(45-14-20-6-7-21(15-45)41-20)43-32(42-30)47-18-33(9-10-33)16-44(4-2)17-34(37,38)39/h1,5,8,11-13,20-21,41,46H,4,6-7,9-10,14-18H2,2H3/t20-,21+. The second-order valence-electron chi connectivity index (χ2n) is 12.9. The molecule has 2 atom stereocenters. The van der Waals surface area contributed by atoms with Crippen LogP contribution >= 0.6 is 0 Å². The van der Waals surface area contributed by atoms with Gasteiger partial charge in [-0.15, -0.1) is 6.42 Å². The molecule has 2 bridgehead atoms. The maximum atomic E-state index is 16.7. The Morgan fingerprint density at radius 1 is 1.15 bits per heavy atom. The predicted molar refractivity (Wildman–Crippen MR) is 167 cm³/mol. The molecule has 13 heteroatoms. The lowest BCUT2D eigenvalue weighted by Crippen LogP contribution is -2.51. The lowest BCUT2D eigenvalue weighted by Gasteiger charge is -2.34. The lowest BCUT2D eigenvalue weighted by atomic mass is 9.96. The molecule has 0 unspecified atom stereocenters. The van der Waals surface area contributed by atoms with Crippen LogP contribution in [0.5, 0.6) is 11.8 Å². The maximum absolute atomic E-state index is 16.7. The number of rotatable bonds is 9. The van der Waals surface area contributed by atoms with Gasteiger partial charge in [0, 0.05) is 54.3 Å². The van der Waals surface area contributed by atoms with Gasteiger partial charge in [0.1, 0.15) is 28.6 Å². The molecule has 1 saturated carbocycles.